The highest BCUT2D eigenvalue weighted by Gasteiger charge is 2.38. The molecule has 1 saturated carbocycles. The second-order valence-electron chi connectivity index (χ2n) is 9.44. The minimum atomic E-state index is -1.20. The molecule has 1 fully saturated rings. The second-order valence-corrected chi connectivity index (χ2v) is 9.44. The number of carbonyl (C=O) groups is 3. The Morgan fingerprint density at radius 1 is 0.971 bits per heavy atom. The Kier molecular flexibility index (Phi) is 7.70. The van der Waals surface area contributed by atoms with E-state index in [1.807, 2.05) is 24.3 Å². The quantitative estimate of drug-likeness (QED) is 0.435. The van der Waals surface area contributed by atoms with E-state index in [4.69, 9.17) is 9.84 Å². The van der Waals surface area contributed by atoms with Crippen LogP contribution in [0.5, 0.6) is 0 Å². The standard InChI is InChI=1S/C27H32N2O6/c30-15-12-23(25(32)33)28-24(31)16-27(13-6-1-7-14-27)29-26(34)35-17-22-20-10-4-2-8-18(20)19-9-3-5-11-21(19)22/h2-5,8-11,22-23,30H,1,6-7,12-17H2,(H,28,31)(H,29,34)(H,32,33). The van der Waals surface area contributed by atoms with Crippen molar-refractivity contribution < 1.29 is 29.3 Å². The summed E-state index contributed by atoms with van der Waals surface area (Å²) in [4.78, 5) is 36.9. The number of benzene rings is 2. The van der Waals surface area contributed by atoms with Gasteiger partial charge in [0, 0.05) is 25.4 Å². The maximum absolute atomic E-state index is 12.9. The van der Waals surface area contributed by atoms with Crippen LogP contribution in [0.25, 0.3) is 11.1 Å². The molecular weight excluding hydrogens is 448 g/mol. The van der Waals surface area contributed by atoms with E-state index in [0.717, 1.165) is 41.5 Å². The third-order valence-corrected chi connectivity index (χ3v) is 7.07. The van der Waals surface area contributed by atoms with E-state index in [0.29, 0.717) is 12.8 Å². The molecule has 2 amide bonds. The molecular formula is C27H32N2O6. The molecule has 1 atom stereocenters. The topological polar surface area (TPSA) is 125 Å². The second kappa shape index (κ2) is 10.9. The van der Waals surface area contributed by atoms with Gasteiger partial charge >= 0.3 is 12.1 Å². The Labute approximate surface area is 204 Å². The number of fused-ring (bicyclic) bond motifs is 3. The average Bonchev–Trinajstić information content (AvgIpc) is 3.16. The molecule has 0 heterocycles. The zero-order valence-electron chi connectivity index (χ0n) is 19.7. The van der Waals surface area contributed by atoms with Gasteiger partial charge in [-0.25, -0.2) is 9.59 Å². The lowest BCUT2D eigenvalue weighted by molar-refractivity contribution is -0.142. The largest absolute Gasteiger partial charge is 0.480 e. The highest BCUT2D eigenvalue weighted by molar-refractivity contribution is 5.85. The molecule has 2 aliphatic carbocycles. The summed E-state index contributed by atoms with van der Waals surface area (Å²) < 4.78 is 5.70. The van der Waals surface area contributed by atoms with E-state index in [1.165, 1.54) is 0 Å². The molecule has 4 N–H and O–H groups in total. The van der Waals surface area contributed by atoms with E-state index in [2.05, 4.69) is 34.9 Å². The number of amides is 2. The van der Waals surface area contributed by atoms with Gasteiger partial charge in [-0.15, -0.1) is 0 Å². The number of nitrogens with one attached hydrogen (secondary N) is 2. The number of carbonyl (C=O) groups excluding carboxylic acids is 2. The molecule has 2 aromatic carbocycles. The number of aliphatic carboxylic acids is 1. The van der Waals surface area contributed by atoms with Crippen molar-refractivity contribution in [3.63, 3.8) is 0 Å². The number of aliphatic hydroxyl groups excluding tert-OH is 1. The zero-order chi connectivity index (χ0) is 24.8. The van der Waals surface area contributed by atoms with E-state index in [9.17, 15) is 19.5 Å². The average molecular weight is 481 g/mol. The van der Waals surface area contributed by atoms with Crippen LogP contribution in [-0.2, 0) is 14.3 Å². The Bertz CT molecular complexity index is 1030. The highest BCUT2D eigenvalue weighted by atomic mass is 16.5. The Hall–Kier alpha value is -3.39. The summed E-state index contributed by atoms with van der Waals surface area (Å²) >= 11 is 0. The predicted molar refractivity (Wildman–Crippen MR) is 130 cm³/mol. The number of carboxylic acid groups (broad SMARTS) is 1. The summed E-state index contributed by atoms with van der Waals surface area (Å²) in [6, 6.07) is 15.1. The molecule has 186 valence electrons. The minimum Gasteiger partial charge on any atom is -0.480 e. The van der Waals surface area contributed by atoms with Crippen molar-refractivity contribution in [2.24, 2.45) is 0 Å². The Morgan fingerprint density at radius 2 is 1.57 bits per heavy atom. The first-order chi connectivity index (χ1) is 16.9. The fourth-order valence-electron chi connectivity index (χ4n) is 5.36. The first kappa shape index (κ1) is 24.7. The van der Waals surface area contributed by atoms with Gasteiger partial charge in [-0.05, 0) is 35.1 Å². The lowest BCUT2D eigenvalue weighted by Gasteiger charge is -2.37. The van der Waals surface area contributed by atoms with Gasteiger partial charge in [-0.1, -0.05) is 67.8 Å². The van der Waals surface area contributed by atoms with Gasteiger partial charge in [0.05, 0.1) is 5.54 Å². The van der Waals surface area contributed by atoms with Crippen molar-refractivity contribution >= 4 is 18.0 Å². The number of rotatable bonds is 9. The number of alkyl carbamates (subject to hydrolysis) is 1. The third-order valence-electron chi connectivity index (χ3n) is 7.07. The highest BCUT2D eigenvalue weighted by Crippen LogP contribution is 2.44. The van der Waals surface area contributed by atoms with E-state index in [-0.39, 0.29) is 32.0 Å². The number of hydrogen-bond donors (Lipinski definition) is 4. The molecule has 8 nitrogen and oxygen atoms in total. The van der Waals surface area contributed by atoms with Crippen LogP contribution < -0.4 is 10.6 Å². The first-order valence-electron chi connectivity index (χ1n) is 12.2. The van der Waals surface area contributed by atoms with Crippen LogP contribution in [0.15, 0.2) is 48.5 Å². The SMILES string of the molecule is O=C(CC1(NC(=O)OCC2c3ccccc3-c3ccccc32)CCCCC1)NC(CCO)C(=O)O. The van der Waals surface area contributed by atoms with Gasteiger partial charge in [-0.2, -0.15) is 0 Å². The molecule has 4 rings (SSSR count). The molecule has 0 bridgehead atoms. The summed E-state index contributed by atoms with van der Waals surface area (Å²) in [7, 11) is 0. The van der Waals surface area contributed by atoms with Crippen molar-refractivity contribution in [3.05, 3.63) is 59.7 Å². The summed E-state index contributed by atoms with van der Waals surface area (Å²) in [5.74, 6) is -1.73. The van der Waals surface area contributed by atoms with Crippen LogP contribution in [0.4, 0.5) is 4.79 Å². The summed E-state index contributed by atoms with van der Waals surface area (Å²) in [5.41, 5.74) is 3.75. The predicted octanol–water partition coefficient (Wildman–Crippen LogP) is 3.57. The molecule has 2 aliphatic rings. The van der Waals surface area contributed by atoms with Crippen LogP contribution in [0.3, 0.4) is 0 Å². The Balaban J connectivity index is 1.41. The zero-order valence-corrected chi connectivity index (χ0v) is 19.7. The van der Waals surface area contributed by atoms with Gasteiger partial charge < -0.3 is 25.6 Å². The number of hydrogen-bond acceptors (Lipinski definition) is 5. The van der Waals surface area contributed by atoms with Gasteiger partial charge in [-0.3, -0.25) is 4.79 Å². The van der Waals surface area contributed by atoms with Crippen LogP contribution in [0.1, 0.15) is 62.0 Å². The van der Waals surface area contributed by atoms with Crippen molar-refractivity contribution in [1.82, 2.24) is 10.6 Å². The maximum Gasteiger partial charge on any atom is 0.407 e. The van der Waals surface area contributed by atoms with Crippen LogP contribution in [-0.4, -0.2) is 53.0 Å². The van der Waals surface area contributed by atoms with Crippen LogP contribution in [0.2, 0.25) is 0 Å². The van der Waals surface area contributed by atoms with Gasteiger partial charge in [0.2, 0.25) is 5.91 Å². The van der Waals surface area contributed by atoms with Gasteiger partial charge in [0.15, 0.2) is 0 Å². The van der Waals surface area contributed by atoms with Crippen LogP contribution >= 0.6 is 0 Å². The van der Waals surface area contributed by atoms with Gasteiger partial charge in [0.25, 0.3) is 0 Å². The molecule has 0 radical (unpaired) electrons. The Morgan fingerprint density at radius 3 is 2.14 bits per heavy atom. The lowest BCUT2D eigenvalue weighted by atomic mass is 9.79. The molecule has 8 heteroatoms. The van der Waals surface area contributed by atoms with E-state index < -0.39 is 29.6 Å². The van der Waals surface area contributed by atoms with Crippen LogP contribution in [0, 0.1) is 0 Å². The number of aliphatic hydroxyl groups is 1. The molecule has 2 aromatic rings. The summed E-state index contributed by atoms with van der Waals surface area (Å²) in [5, 5.41) is 23.8. The van der Waals surface area contributed by atoms with E-state index in [1.54, 1.807) is 0 Å². The van der Waals surface area contributed by atoms with Crippen molar-refractivity contribution in [3.8, 4) is 11.1 Å². The fourth-order valence-corrected chi connectivity index (χ4v) is 5.36. The first-order valence-corrected chi connectivity index (χ1v) is 12.2. The molecule has 35 heavy (non-hydrogen) atoms. The van der Waals surface area contributed by atoms with Gasteiger partial charge in [0.1, 0.15) is 12.6 Å². The minimum absolute atomic E-state index is 0.0353. The monoisotopic (exact) mass is 480 g/mol. The van der Waals surface area contributed by atoms with Crippen molar-refractivity contribution in [1.29, 1.82) is 0 Å². The smallest absolute Gasteiger partial charge is 0.407 e. The molecule has 0 spiro atoms. The molecule has 0 saturated heterocycles. The third kappa shape index (κ3) is 5.65. The van der Waals surface area contributed by atoms with E-state index >= 15 is 0 Å². The fraction of sp³-hybridized carbons (Fsp3) is 0.444. The van der Waals surface area contributed by atoms with Crippen molar-refractivity contribution in [2.45, 2.75) is 62.4 Å². The lowest BCUT2D eigenvalue weighted by Crippen LogP contribution is -2.54. The maximum atomic E-state index is 12.9. The summed E-state index contributed by atoms with van der Waals surface area (Å²) in [6.45, 7) is -0.167. The molecule has 1 unspecified atom stereocenters. The molecule has 0 aliphatic heterocycles. The summed E-state index contributed by atoms with van der Waals surface area (Å²) in [6.07, 6.45) is 3.27. The normalized spacial score (nSPS) is 17.1. The number of carboxylic acids is 1. The number of ether oxygens (including phenoxy) is 1. The molecule has 0 aromatic heterocycles. The van der Waals surface area contributed by atoms with Crippen molar-refractivity contribution in [2.75, 3.05) is 13.2 Å².